The summed E-state index contributed by atoms with van der Waals surface area (Å²) in [6, 6.07) is 13.8. The van der Waals surface area contributed by atoms with Gasteiger partial charge in [0.1, 0.15) is 11.4 Å². The fraction of sp³-hybridized carbons (Fsp3) is 0.417. The first-order chi connectivity index (χ1) is 24.9. The number of aliphatic hydroxyl groups is 1. The minimum Gasteiger partial charge on any atom is -0.494 e. The van der Waals surface area contributed by atoms with Gasteiger partial charge in [-0.25, -0.2) is 4.99 Å². The van der Waals surface area contributed by atoms with E-state index in [4.69, 9.17) is 29.8 Å². The van der Waals surface area contributed by atoms with Crippen LogP contribution in [0, 0.1) is 0 Å². The fourth-order valence-corrected chi connectivity index (χ4v) is 5.53. The van der Waals surface area contributed by atoms with Crippen LogP contribution < -0.4 is 10.1 Å². The number of esters is 1. The zero-order valence-electron chi connectivity index (χ0n) is 28.9. The molecule has 3 aromatic rings. The van der Waals surface area contributed by atoms with Crippen LogP contribution in [0.5, 0.6) is 5.75 Å². The summed E-state index contributed by atoms with van der Waals surface area (Å²) >= 11 is 0. The standard InChI is InChI=1S/C36H37F6N5O6/c1-33(2,3)53-29(49)13-14-34(32(50)44-20-22-17-25(35(37,38)39)19-26(18-22)36(40,41)42)30(28-8-5-4-7-24(28)21-45-47-43)52-31(46-34)23-9-11-27(12-10-23)51-16-6-15-48/h4-5,7-12,17-19,30,48H,6,13-16,20-21H2,1-3H3,(H,44,50)/t30-,34-/m1/s1. The third-order valence-corrected chi connectivity index (χ3v) is 7.90. The van der Waals surface area contributed by atoms with E-state index in [2.05, 4.69) is 15.3 Å². The first kappa shape index (κ1) is 40.5. The minimum absolute atomic E-state index is 0.0192. The van der Waals surface area contributed by atoms with Crippen LogP contribution in [0.3, 0.4) is 0 Å². The quantitative estimate of drug-likeness (QED) is 0.0425. The fourth-order valence-electron chi connectivity index (χ4n) is 5.53. The van der Waals surface area contributed by atoms with Gasteiger partial charge in [0.25, 0.3) is 5.91 Å². The van der Waals surface area contributed by atoms with Crippen molar-refractivity contribution in [3.8, 4) is 5.75 Å². The molecule has 284 valence electrons. The largest absolute Gasteiger partial charge is 0.494 e. The van der Waals surface area contributed by atoms with Crippen molar-refractivity contribution < 1.29 is 55.2 Å². The molecular formula is C36H37F6N5O6. The number of azide groups is 1. The van der Waals surface area contributed by atoms with Gasteiger partial charge >= 0.3 is 18.3 Å². The second kappa shape index (κ2) is 16.6. The number of nitrogens with zero attached hydrogens (tertiary/aromatic N) is 4. The number of benzene rings is 3. The van der Waals surface area contributed by atoms with E-state index in [-0.39, 0.29) is 38.1 Å². The third kappa shape index (κ3) is 10.6. The van der Waals surface area contributed by atoms with Gasteiger partial charge < -0.3 is 24.6 Å². The van der Waals surface area contributed by atoms with Crippen LogP contribution >= 0.6 is 0 Å². The van der Waals surface area contributed by atoms with Crippen LogP contribution in [0.1, 0.15) is 79.5 Å². The highest BCUT2D eigenvalue weighted by atomic mass is 19.4. The number of hydrogen-bond acceptors (Lipinski definition) is 8. The molecule has 1 amide bonds. The molecule has 0 bridgehead atoms. The van der Waals surface area contributed by atoms with Gasteiger partial charge in [0.05, 0.1) is 24.3 Å². The monoisotopic (exact) mass is 749 g/mol. The average molecular weight is 750 g/mol. The number of nitrogens with one attached hydrogen (secondary N) is 1. The molecule has 1 heterocycles. The van der Waals surface area contributed by atoms with Gasteiger partial charge in [-0.05, 0) is 91.9 Å². The Kier molecular flexibility index (Phi) is 12.7. The number of aliphatic hydroxyl groups excluding tert-OH is 1. The van der Waals surface area contributed by atoms with Crippen molar-refractivity contribution in [3.63, 3.8) is 0 Å². The number of aliphatic imine (C=N–C) groups is 1. The first-order valence-electron chi connectivity index (χ1n) is 16.3. The summed E-state index contributed by atoms with van der Waals surface area (Å²) in [6.45, 7) is 4.11. The number of alkyl halides is 6. The highest BCUT2D eigenvalue weighted by Crippen LogP contribution is 2.45. The van der Waals surface area contributed by atoms with Gasteiger partial charge in [-0.15, -0.1) is 0 Å². The Labute approximate surface area is 300 Å². The van der Waals surface area contributed by atoms with Crippen LogP contribution in [0.2, 0.25) is 0 Å². The molecule has 2 N–H and O–H groups in total. The molecule has 0 unspecified atom stereocenters. The number of halogens is 6. The molecular weight excluding hydrogens is 712 g/mol. The second-order valence-corrected chi connectivity index (χ2v) is 13.1. The second-order valence-electron chi connectivity index (χ2n) is 13.1. The molecule has 17 heteroatoms. The number of carbonyl (C=O) groups excluding carboxylic acids is 2. The maximum absolute atomic E-state index is 14.5. The van der Waals surface area contributed by atoms with Crippen molar-refractivity contribution in [1.29, 1.82) is 0 Å². The normalized spacial score (nSPS) is 17.3. The summed E-state index contributed by atoms with van der Waals surface area (Å²) in [6.07, 6.45) is -12.0. The SMILES string of the molecule is CC(C)(C)OC(=O)CC[C@@]1(C(=O)NCc2cc(C(F)(F)F)cc(C(F)(F)F)c2)N=C(c2ccc(OCCCO)cc2)O[C@@H]1c1ccccc1CN=[N+]=[N-]. The minimum atomic E-state index is -5.12. The molecule has 11 nitrogen and oxygen atoms in total. The molecule has 0 aromatic heterocycles. The molecule has 0 saturated carbocycles. The summed E-state index contributed by atoms with van der Waals surface area (Å²) in [5.41, 5.74) is 3.55. The topological polar surface area (TPSA) is 155 Å². The molecule has 1 aliphatic rings. The number of ether oxygens (including phenoxy) is 3. The van der Waals surface area contributed by atoms with Crippen molar-refractivity contribution in [3.05, 3.63) is 111 Å². The number of rotatable bonds is 14. The van der Waals surface area contributed by atoms with E-state index in [9.17, 15) is 35.9 Å². The molecule has 0 radical (unpaired) electrons. The Balaban J connectivity index is 1.83. The maximum Gasteiger partial charge on any atom is 0.416 e. The number of hydrogen-bond donors (Lipinski definition) is 2. The van der Waals surface area contributed by atoms with Crippen LogP contribution in [-0.2, 0) is 44.5 Å². The number of carbonyl (C=O) groups is 2. The van der Waals surface area contributed by atoms with Crippen LogP contribution in [0.15, 0.2) is 76.8 Å². The molecule has 4 rings (SSSR count). The molecule has 0 saturated heterocycles. The average Bonchev–Trinajstić information content (AvgIpc) is 3.48. The molecule has 2 atom stereocenters. The summed E-state index contributed by atoms with van der Waals surface area (Å²) < 4.78 is 99.2. The van der Waals surface area contributed by atoms with Crippen molar-refractivity contribution in [2.75, 3.05) is 13.2 Å². The molecule has 53 heavy (non-hydrogen) atoms. The number of amides is 1. The summed E-state index contributed by atoms with van der Waals surface area (Å²) in [5, 5.41) is 15.1. The van der Waals surface area contributed by atoms with Gasteiger partial charge in [-0.1, -0.05) is 29.4 Å². The van der Waals surface area contributed by atoms with Crippen LogP contribution in [0.4, 0.5) is 26.3 Å². The Morgan fingerprint density at radius 3 is 2.23 bits per heavy atom. The van der Waals surface area contributed by atoms with E-state index in [1.165, 1.54) is 0 Å². The van der Waals surface area contributed by atoms with Crippen molar-refractivity contribution >= 4 is 17.8 Å². The molecule has 0 spiro atoms. The predicted octanol–water partition coefficient (Wildman–Crippen LogP) is 7.99. The molecule has 0 fully saturated rings. The van der Waals surface area contributed by atoms with Crippen LogP contribution in [-0.4, -0.2) is 47.2 Å². The van der Waals surface area contributed by atoms with Crippen molar-refractivity contribution in [2.45, 2.75) is 82.7 Å². The predicted molar refractivity (Wildman–Crippen MR) is 179 cm³/mol. The van der Waals surface area contributed by atoms with E-state index in [1.807, 2.05) is 0 Å². The summed E-state index contributed by atoms with van der Waals surface area (Å²) in [4.78, 5) is 35.0. The smallest absolute Gasteiger partial charge is 0.416 e. The van der Waals surface area contributed by atoms with Crippen molar-refractivity contribution in [2.24, 2.45) is 10.1 Å². The Morgan fingerprint density at radius 2 is 1.64 bits per heavy atom. The van der Waals surface area contributed by atoms with Gasteiger partial charge in [0.15, 0.2) is 11.6 Å². The molecule has 3 aromatic carbocycles. The third-order valence-electron chi connectivity index (χ3n) is 7.90. The molecule has 1 aliphatic heterocycles. The highest BCUT2D eigenvalue weighted by molar-refractivity contribution is 6.01. The lowest BCUT2D eigenvalue weighted by Gasteiger charge is -2.32. The Bertz CT molecular complexity index is 1820. The van der Waals surface area contributed by atoms with Gasteiger partial charge in [-0.3, -0.25) is 9.59 Å². The summed E-state index contributed by atoms with van der Waals surface area (Å²) in [5.74, 6) is -1.32. The van der Waals surface area contributed by atoms with Crippen molar-refractivity contribution in [1.82, 2.24) is 5.32 Å². The highest BCUT2D eigenvalue weighted by Gasteiger charge is 2.54. The summed E-state index contributed by atoms with van der Waals surface area (Å²) in [7, 11) is 0. The van der Waals surface area contributed by atoms with E-state index >= 15 is 0 Å². The van der Waals surface area contributed by atoms with Crippen LogP contribution in [0.25, 0.3) is 10.4 Å². The Hall–Kier alpha value is -5.28. The lowest BCUT2D eigenvalue weighted by molar-refractivity contribution is -0.155. The molecule has 0 aliphatic carbocycles. The first-order valence-corrected chi connectivity index (χ1v) is 16.3. The Morgan fingerprint density at radius 1 is 1.00 bits per heavy atom. The van der Waals surface area contributed by atoms with Gasteiger partial charge in [0.2, 0.25) is 5.90 Å². The van der Waals surface area contributed by atoms with E-state index in [0.29, 0.717) is 41.0 Å². The lowest BCUT2D eigenvalue weighted by Crippen LogP contribution is -2.48. The maximum atomic E-state index is 14.5. The zero-order chi connectivity index (χ0) is 39.0. The lowest BCUT2D eigenvalue weighted by atomic mass is 9.81. The van der Waals surface area contributed by atoms with Gasteiger partial charge in [-0.2, -0.15) is 26.3 Å². The zero-order valence-corrected chi connectivity index (χ0v) is 28.9. The van der Waals surface area contributed by atoms with Gasteiger partial charge in [0, 0.05) is 36.5 Å². The van der Waals surface area contributed by atoms with E-state index in [0.717, 1.165) is 0 Å². The van der Waals surface area contributed by atoms with E-state index < -0.39 is 71.1 Å². The van der Waals surface area contributed by atoms with E-state index in [1.54, 1.807) is 69.3 Å².